The maximum Gasteiger partial charge on any atom is 0.329 e. The van der Waals surface area contributed by atoms with Crippen LogP contribution in [-0.2, 0) is 19.5 Å². The number of hydrogen-bond acceptors (Lipinski definition) is 5. The highest BCUT2D eigenvalue weighted by molar-refractivity contribution is 6.30. The van der Waals surface area contributed by atoms with E-state index in [2.05, 4.69) is 39.5 Å². The van der Waals surface area contributed by atoms with Gasteiger partial charge in [-0.15, -0.1) is 5.10 Å². The molecule has 1 aromatic carbocycles. The van der Waals surface area contributed by atoms with Gasteiger partial charge in [0.25, 0.3) is 0 Å². The molecule has 4 aromatic rings. The van der Waals surface area contributed by atoms with Crippen LogP contribution in [-0.4, -0.2) is 34.7 Å². The summed E-state index contributed by atoms with van der Waals surface area (Å²) in [5.41, 5.74) is 4.43. The van der Waals surface area contributed by atoms with Crippen LogP contribution in [0.5, 0.6) is 0 Å². The Labute approximate surface area is 191 Å². The van der Waals surface area contributed by atoms with Crippen molar-refractivity contribution < 1.29 is 0 Å². The van der Waals surface area contributed by atoms with Crippen LogP contribution in [0.3, 0.4) is 0 Å². The highest BCUT2D eigenvalue weighted by Gasteiger charge is 2.18. The van der Waals surface area contributed by atoms with Crippen LogP contribution in [0.2, 0.25) is 5.15 Å². The molecule has 9 heteroatoms. The lowest BCUT2D eigenvalue weighted by Gasteiger charge is -2.09. The minimum Gasteiger partial charge on any atom is -0.289 e. The molecule has 8 nitrogen and oxygen atoms in total. The van der Waals surface area contributed by atoms with Gasteiger partial charge in [0.1, 0.15) is 5.15 Å². The number of pyridine rings is 1. The average molecular weight is 452 g/mol. The standard InChI is InChI=1S/C23H26ClN7O/c1-3-5-13-30-21(24)20(8-4-2)31(23(30)32)15-17-12-11-16(14-25-17)18-9-6-7-10-19(18)22-26-28-29-27-22/h6-7,9-12,14H,3-5,8,13,15H2,1-2H3,(H,26,27,28,29). The van der Waals surface area contributed by atoms with Gasteiger partial charge in [-0.25, -0.2) is 9.89 Å². The van der Waals surface area contributed by atoms with Crippen molar-refractivity contribution in [2.24, 2.45) is 0 Å². The van der Waals surface area contributed by atoms with E-state index in [1.54, 1.807) is 9.13 Å². The van der Waals surface area contributed by atoms with E-state index >= 15 is 0 Å². The number of nitrogens with zero attached hydrogens (tertiary/aromatic N) is 6. The molecule has 0 aliphatic rings. The summed E-state index contributed by atoms with van der Waals surface area (Å²) >= 11 is 6.59. The van der Waals surface area contributed by atoms with Crippen molar-refractivity contribution in [2.75, 3.05) is 0 Å². The van der Waals surface area contributed by atoms with Gasteiger partial charge in [-0.3, -0.25) is 14.1 Å². The molecular weight excluding hydrogens is 426 g/mol. The highest BCUT2D eigenvalue weighted by Crippen LogP contribution is 2.29. The zero-order chi connectivity index (χ0) is 22.5. The molecule has 0 radical (unpaired) electrons. The minimum absolute atomic E-state index is 0.0686. The summed E-state index contributed by atoms with van der Waals surface area (Å²) in [4.78, 5) is 17.7. The SMILES string of the molecule is CCCCn1c(Cl)c(CCC)n(Cc2ccc(-c3ccccc3-c3nnn[nH]3)cn2)c1=O. The predicted octanol–water partition coefficient (Wildman–Crippen LogP) is 4.35. The molecule has 0 aliphatic carbocycles. The van der Waals surface area contributed by atoms with Gasteiger partial charge < -0.3 is 0 Å². The zero-order valence-electron chi connectivity index (χ0n) is 18.3. The summed E-state index contributed by atoms with van der Waals surface area (Å²) in [7, 11) is 0. The number of H-pyrrole nitrogens is 1. The van der Waals surface area contributed by atoms with Crippen molar-refractivity contribution in [3.63, 3.8) is 0 Å². The van der Waals surface area contributed by atoms with Crippen molar-refractivity contribution in [3.8, 4) is 22.5 Å². The number of imidazole rings is 1. The van der Waals surface area contributed by atoms with Crippen LogP contribution < -0.4 is 5.69 Å². The first-order valence-corrected chi connectivity index (χ1v) is 11.3. The number of halogens is 1. The lowest BCUT2D eigenvalue weighted by atomic mass is 10.0. The van der Waals surface area contributed by atoms with Crippen molar-refractivity contribution in [2.45, 2.75) is 52.6 Å². The molecule has 0 unspecified atom stereocenters. The van der Waals surface area contributed by atoms with Gasteiger partial charge in [-0.05, 0) is 34.9 Å². The first-order chi connectivity index (χ1) is 15.6. The van der Waals surface area contributed by atoms with E-state index in [0.29, 0.717) is 24.1 Å². The highest BCUT2D eigenvalue weighted by atomic mass is 35.5. The van der Waals surface area contributed by atoms with Gasteiger partial charge in [-0.2, -0.15) is 0 Å². The summed E-state index contributed by atoms with van der Waals surface area (Å²) in [6.07, 6.45) is 5.41. The molecule has 3 heterocycles. The molecule has 0 amide bonds. The van der Waals surface area contributed by atoms with Crippen LogP contribution in [0.15, 0.2) is 47.4 Å². The van der Waals surface area contributed by atoms with Gasteiger partial charge >= 0.3 is 5.69 Å². The van der Waals surface area contributed by atoms with Gasteiger partial charge in [0.2, 0.25) is 0 Å². The second-order valence-corrected chi connectivity index (χ2v) is 8.05. The molecule has 0 fully saturated rings. The summed E-state index contributed by atoms with van der Waals surface area (Å²) in [6, 6.07) is 11.8. The molecule has 0 bridgehead atoms. The third-order valence-corrected chi connectivity index (χ3v) is 5.89. The molecule has 0 saturated heterocycles. The zero-order valence-corrected chi connectivity index (χ0v) is 19.0. The molecule has 1 N–H and O–H groups in total. The monoisotopic (exact) mass is 451 g/mol. The molecule has 32 heavy (non-hydrogen) atoms. The quantitative estimate of drug-likeness (QED) is 0.408. The number of aromatic nitrogens is 7. The first kappa shape index (κ1) is 22.0. The number of rotatable bonds is 9. The molecule has 0 spiro atoms. The Kier molecular flexibility index (Phi) is 6.80. The van der Waals surface area contributed by atoms with Crippen molar-refractivity contribution in [3.05, 3.63) is 69.6 Å². The number of nitrogens with one attached hydrogen (secondary N) is 1. The normalized spacial score (nSPS) is 11.2. The van der Waals surface area contributed by atoms with Crippen LogP contribution >= 0.6 is 11.6 Å². The largest absolute Gasteiger partial charge is 0.329 e. The molecule has 4 rings (SSSR count). The fraction of sp³-hybridized carbons (Fsp3) is 0.348. The lowest BCUT2D eigenvalue weighted by Crippen LogP contribution is -2.26. The van der Waals surface area contributed by atoms with Crippen LogP contribution in [0.4, 0.5) is 0 Å². The van der Waals surface area contributed by atoms with E-state index in [1.807, 2.05) is 42.6 Å². The molecule has 0 atom stereocenters. The number of unbranched alkanes of at least 4 members (excludes halogenated alkanes) is 1. The number of tetrazole rings is 1. The molecular formula is C23H26ClN7O. The maximum atomic E-state index is 13.1. The molecule has 166 valence electrons. The van der Waals surface area contributed by atoms with Gasteiger partial charge in [0.05, 0.1) is 17.9 Å². The Morgan fingerprint density at radius 2 is 1.84 bits per heavy atom. The smallest absolute Gasteiger partial charge is 0.289 e. The Bertz CT molecular complexity index is 1230. The Hall–Kier alpha value is -3.26. The predicted molar refractivity (Wildman–Crippen MR) is 125 cm³/mol. The minimum atomic E-state index is -0.0686. The maximum absolute atomic E-state index is 13.1. The van der Waals surface area contributed by atoms with Gasteiger partial charge in [0.15, 0.2) is 5.82 Å². The number of benzene rings is 1. The summed E-state index contributed by atoms with van der Waals surface area (Å²) in [5.74, 6) is 0.600. The van der Waals surface area contributed by atoms with Gasteiger partial charge in [0, 0.05) is 23.9 Å². The fourth-order valence-corrected chi connectivity index (χ4v) is 4.17. The summed E-state index contributed by atoms with van der Waals surface area (Å²) in [5, 5.41) is 14.7. The van der Waals surface area contributed by atoms with Crippen molar-refractivity contribution in [1.82, 2.24) is 34.7 Å². The second kappa shape index (κ2) is 9.91. The topological polar surface area (TPSA) is 94.3 Å². The fourth-order valence-electron chi connectivity index (χ4n) is 3.81. The van der Waals surface area contributed by atoms with Crippen LogP contribution in [0.25, 0.3) is 22.5 Å². The number of hydrogen-bond donors (Lipinski definition) is 1. The Morgan fingerprint density at radius 3 is 2.50 bits per heavy atom. The average Bonchev–Trinajstić information content (AvgIpc) is 3.43. The molecule has 0 aliphatic heterocycles. The summed E-state index contributed by atoms with van der Waals surface area (Å²) < 4.78 is 3.45. The summed E-state index contributed by atoms with van der Waals surface area (Å²) in [6.45, 7) is 5.22. The van der Waals surface area contributed by atoms with E-state index in [9.17, 15) is 4.79 Å². The van der Waals surface area contributed by atoms with E-state index in [-0.39, 0.29) is 5.69 Å². The van der Waals surface area contributed by atoms with E-state index < -0.39 is 0 Å². The number of aromatic amines is 1. The Morgan fingerprint density at radius 1 is 1.03 bits per heavy atom. The Balaban J connectivity index is 1.64. The van der Waals surface area contributed by atoms with E-state index in [0.717, 1.165) is 53.8 Å². The third-order valence-electron chi connectivity index (χ3n) is 5.47. The van der Waals surface area contributed by atoms with Crippen LogP contribution in [0.1, 0.15) is 44.5 Å². The van der Waals surface area contributed by atoms with Crippen molar-refractivity contribution in [1.29, 1.82) is 0 Å². The van der Waals surface area contributed by atoms with Crippen LogP contribution in [0, 0.1) is 0 Å². The van der Waals surface area contributed by atoms with Gasteiger partial charge in [-0.1, -0.05) is 68.6 Å². The molecule has 3 aromatic heterocycles. The lowest BCUT2D eigenvalue weighted by molar-refractivity contribution is 0.590. The second-order valence-electron chi connectivity index (χ2n) is 7.70. The molecule has 0 saturated carbocycles. The first-order valence-electron chi connectivity index (χ1n) is 10.9. The third kappa shape index (κ3) is 4.36. The van der Waals surface area contributed by atoms with E-state index in [1.165, 1.54) is 0 Å². The van der Waals surface area contributed by atoms with Crippen molar-refractivity contribution >= 4 is 11.6 Å². The van der Waals surface area contributed by atoms with E-state index in [4.69, 9.17) is 11.6 Å².